The van der Waals surface area contributed by atoms with Crippen molar-refractivity contribution in [1.29, 1.82) is 0 Å². The molecule has 1 N–H and O–H groups in total. The second kappa shape index (κ2) is 10.9. The first-order valence-corrected chi connectivity index (χ1v) is 7.98. The zero-order chi connectivity index (χ0) is 17.4. The molecule has 0 spiro atoms. The first kappa shape index (κ1) is 21.1. The Bertz CT molecular complexity index is 571. The number of aromatic nitrogens is 2. The normalized spacial score (nSPS) is 14.6. The van der Waals surface area contributed by atoms with E-state index in [0.29, 0.717) is 6.54 Å². The van der Waals surface area contributed by atoms with E-state index in [9.17, 15) is 4.79 Å². The highest BCUT2D eigenvalue weighted by molar-refractivity contribution is 14.0. The molecule has 1 aliphatic rings. The van der Waals surface area contributed by atoms with Crippen LogP contribution in [0.15, 0.2) is 36.1 Å². The number of carbonyl (C=O) groups excluding carboxylic acids is 1. The third-order valence-electron chi connectivity index (χ3n) is 3.68. The fourth-order valence-corrected chi connectivity index (χ4v) is 2.29. The Morgan fingerprint density at radius 2 is 1.96 bits per heavy atom. The minimum Gasteiger partial charge on any atom is -0.353 e. The molecule has 8 nitrogen and oxygen atoms in total. The van der Waals surface area contributed by atoms with Crippen molar-refractivity contribution in [2.75, 3.05) is 58.3 Å². The van der Waals surface area contributed by atoms with Crippen molar-refractivity contribution in [3.63, 3.8) is 0 Å². The summed E-state index contributed by atoms with van der Waals surface area (Å²) < 4.78 is 0. The summed E-state index contributed by atoms with van der Waals surface area (Å²) >= 11 is 0. The third-order valence-corrected chi connectivity index (χ3v) is 3.68. The molecule has 1 aliphatic heterocycles. The van der Waals surface area contributed by atoms with Gasteiger partial charge in [-0.15, -0.1) is 30.6 Å². The van der Waals surface area contributed by atoms with E-state index < -0.39 is 0 Å². The molecular weight excluding hydrogens is 433 g/mol. The van der Waals surface area contributed by atoms with Gasteiger partial charge in [-0.25, -0.2) is 15.0 Å². The number of nitrogens with zero attached hydrogens (tertiary/aromatic N) is 6. The molecule has 0 saturated carbocycles. The lowest BCUT2D eigenvalue weighted by Gasteiger charge is -2.36. The van der Waals surface area contributed by atoms with Crippen LogP contribution in [0, 0.1) is 0 Å². The fraction of sp³-hybridized carbons (Fsp3) is 0.500. The molecule has 2 heterocycles. The van der Waals surface area contributed by atoms with Gasteiger partial charge in [-0.2, -0.15) is 0 Å². The first-order chi connectivity index (χ1) is 11.6. The van der Waals surface area contributed by atoms with Gasteiger partial charge < -0.3 is 20.0 Å². The van der Waals surface area contributed by atoms with Crippen LogP contribution in [0.1, 0.15) is 0 Å². The number of likely N-dealkylation sites (N-methyl/N-ethyl adjacent to an activating group) is 1. The maximum Gasteiger partial charge on any atom is 0.243 e. The fourth-order valence-electron chi connectivity index (χ4n) is 2.29. The van der Waals surface area contributed by atoms with Crippen molar-refractivity contribution in [1.82, 2.24) is 25.1 Å². The number of anilines is 1. The predicted molar refractivity (Wildman–Crippen MR) is 110 cm³/mol. The Morgan fingerprint density at radius 3 is 2.52 bits per heavy atom. The first-order valence-electron chi connectivity index (χ1n) is 7.98. The van der Waals surface area contributed by atoms with Gasteiger partial charge in [0.2, 0.25) is 11.9 Å². The molecule has 0 bridgehead atoms. The second-order valence-electron chi connectivity index (χ2n) is 5.62. The number of amides is 1. The van der Waals surface area contributed by atoms with Crippen LogP contribution in [-0.2, 0) is 4.79 Å². The van der Waals surface area contributed by atoms with Crippen molar-refractivity contribution in [2.24, 2.45) is 4.99 Å². The molecule has 0 aliphatic carbocycles. The number of nitrogens with one attached hydrogen (secondary N) is 1. The number of halogens is 1. The number of hydrogen-bond acceptors (Lipinski definition) is 5. The lowest BCUT2D eigenvalue weighted by molar-refractivity contribution is -0.127. The van der Waals surface area contributed by atoms with Gasteiger partial charge in [0.1, 0.15) is 6.54 Å². The minimum absolute atomic E-state index is 0. The maximum absolute atomic E-state index is 11.8. The summed E-state index contributed by atoms with van der Waals surface area (Å²) in [7, 11) is 3.46. The Labute approximate surface area is 166 Å². The van der Waals surface area contributed by atoms with Crippen LogP contribution in [-0.4, -0.2) is 85.0 Å². The minimum atomic E-state index is -0.0239. The molecule has 0 aromatic carbocycles. The summed E-state index contributed by atoms with van der Waals surface area (Å²) in [6.07, 6.45) is 5.28. The number of piperazine rings is 1. The standard InChI is InChI=1S/C16H25N7O.HI/c1-4-6-17-16(20-13-14(24)21(2)3)23-11-9-22(10-12-23)15-18-7-5-8-19-15;/h4-5,7-8H,1,6,9-13H2,2-3H3,(H,17,20);1H. The zero-order valence-corrected chi connectivity index (χ0v) is 17.1. The molecular formula is C16H26IN7O. The highest BCUT2D eigenvalue weighted by Gasteiger charge is 2.21. The third kappa shape index (κ3) is 6.48. The summed E-state index contributed by atoms with van der Waals surface area (Å²) in [6.45, 7) is 7.65. The maximum atomic E-state index is 11.8. The van der Waals surface area contributed by atoms with E-state index in [4.69, 9.17) is 0 Å². The summed E-state index contributed by atoms with van der Waals surface area (Å²) in [5.74, 6) is 1.46. The lowest BCUT2D eigenvalue weighted by Crippen LogP contribution is -2.53. The van der Waals surface area contributed by atoms with Crippen molar-refractivity contribution < 1.29 is 4.79 Å². The summed E-state index contributed by atoms with van der Waals surface area (Å²) in [5.41, 5.74) is 0. The molecule has 1 aromatic rings. The summed E-state index contributed by atoms with van der Waals surface area (Å²) in [6, 6.07) is 1.81. The van der Waals surface area contributed by atoms with Gasteiger partial charge in [0.05, 0.1) is 0 Å². The van der Waals surface area contributed by atoms with Crippen LogP contribution in [0.25, 0.3) is 0 Å². The molecule has 0 atom stereocenters. The monoisotopic (exact) mass is 459 g/mol. The Kier molecular flexibility index (Phi) is 9.17. The molecule has 1 amide bonds. The van der Waals surface area contributed by atoms with Crippen molar-refractivity contribution in [3.05, 3.63) is 31.1 Å². The average Bonchev–Trinajstić information content (AvgIpc) is 2.62. The van der Waals surface area contributed by atoms with E-state index >= 15 is 0 Å². The highest BCUT2D eigenvalue weighted by atomic mass is 127. The van der Waals surface area contributed by atoms with Crippen LogP contribution in [0.2, 0.25) is 0 Å². The molecule has 2 rings (SSSR count). The number of guanidine groups is 1. The topological polar surface area (TPSA) is 77.0 Å². The Morgan fingerprint density at radius 1 is 1.32 bits per heavy atom. The van der Waals surface area contributed by atoms with Gasteiger partial charge in [-0.1, -0.05) is 6.08 Å². The van der Waals surface area contributed by atoms with E-state index in [0.717, 1.165) is 38.1 Å². The summed E-state index contributed by atoms with van der Waals surface area (Å²) in [4.78, 5) is 30.6. The van der Waals surface area contributed by atoms with E-state index in [2.05, 4.69) is 36.7 Å². The van der Waals surface area contributed by atoms with Gasteiger partial charge >= 0.3 is 0 Å². The van der Waals surface area contributed by atoms with Crippen molar-refractivity contribution in [3.8, 4) is 0 Å². The smallest absolute Gasteiger partial charge is 0.243 e. The molecule has 1 saturated heterocycles. The predicted octanol–water partition coefficient (Wildman–Crippen LogP) is 0.436. The van der Waals surface area contributed by atoms with Crippen LogP contribution in [0.5, 0.6) is 0 Å². The number of aliphatic imine (C=N–C) groups is 1. The van der Waals surface area contributed by atoms with Crippen molar-refractivity contribution >= 4 is 41.8 Å². The van der Waals surface area contributed by atoms with Crippen LogP contribution in [0.4, 0.5) is 5.95 Å². The lowest BCUT2D eigenvalue weighted by atomic mass is 10.3. The van der Waals surface area contributed by atoms with Crippen LogP contribution in [0.3, 0.4) is 0 Å². The number of carbonyl (C=O) groups is 1. The number of rotatable bonds is 5. The Balaban J connectivity index is 0.00000312. The Hall–Kier alpha value is -1.91. The van der Waals surface area contributed by atoms with Crippen LogP contribution < -0.4 is 10.2 Å². The van der Waals surface area contributed by atoms with Gasteiger partial charge in [0.15, 0.2) is 5.96 Å². The molecule has 25 heavy (non-hydrogen) atoms. The van der Waals surface area contributed by atoms with Crippen LogP contribution >= 0.6 is 24.0 Å². The van der Waals surface area contributed by atoms with Gasteiger partial charge in [0.25, 0.3) is 0 Å². The molecule has 138 valence electrons. The van der Waals surface area contributed by atoms with E-state index in [-0.39, 0.29) is 36.4 Å². The van der Waals surface area contributed by atoms with Crippen molar-refractivity contribution in [2.45, 2.75) is 0 Å². The molecule has 1 aromatic heterocycles. The zero-order valence-electron chi connectivity index (χ0n) is 14.8. The van der Waals surface area contributed by atoms with Gasteiger partial charge in [-0.3, -0.25) is 4.79 Å². The molecule has 9 heteroatoms. The summed E-state index contributed by atoms with van der Waals surface area (Å²) in [5, 5.41) is 3.23. The highest BCUT2D eigenvalue weighted by Crippen LogP contribution is 2.09. The average molecular weight is 459 g/mol. The van der Waals surface area contributed by atoms with Gasteiger partial charge in [0, 0.05) is 59.2 Å². The van der Waals surface area contributed by atoms with E-state index in [1.54, 1.807) is 37.5 Å². The largest absolute Gasteiger partial charge is 0.353 e. The number of hydrogen-bond donors (Lipinski definition) is 1. The molecule has 0 radical (unpaired) electrons. The second-order valence-corrected chi connectivity index (χ2v) is 5.62. The van der Waals surface area contributed by atoms with Gasteiger partial charge in [-0.05, 0) is 6.07 Å². The molecule has 1 fully saturated rings. The SMILES string of the molecule is C=CCNC(=NCC(=O)N(C)C)N1CCN(c2ncccn2)CC1.I. The van der Waals surface area contributed by atoms with E-state index in [1.807, 2.05) is 6.07 Å². The quantitative estimate of drug-likeness (QED) is 0.298. The molecule has 0 unspecified atom stereocenters. The van der Waals surface area contributed by atoms with E-state index in [1.165, 1.54) is 0 Å².